The predicted octanol–water partition coefficient (Wildman–Crippen LogP) is 8.05. The number of fused-ring (bicyclic) bond motifs is 7. The quantitative estimate of drug-likeness (QED) is 0.0600. The summed E-state index contributed by atoms with van der Waals surface area (Å²) < 4.78 is 10.9. The molecule has 3 amide bonds. The fourth-order valence-electron chi connectivity index (χ4n) is 14.4. The molecule has 0 bridgehead atoms. The number of amides is 3. The van der Waals surface area contributed by atoms with Crippen LogP contribution in [0.25, 0.3) is 0 Å². The summed E-state index contributed by atoms with van der Waals surface area (Å²) in [5.41, 5.74) is 4.83. The summed E-state index contributed by atoms with van der Waals surface area (Å²) >= 11 is 0. The van der Waals surface area contributed by atoms with Crippen LogP contribution in [0.2, 0.25) is 0 Å². The number of carbonyl (C=O) groups is 6. The number of aliphatic carboxylic acids is 1. The minimum absolute atomic E-state index is 0.0246. The molecular formula is C49H79N3O9. The number of hydrogen-bond acceptors (Lipinski definition) is 8. The van der Waals surface area contributed by atoms with E-state index in [1.165, 1.54) is 12.7 Å². The molecule has 5 N–H and O–H groups in total. The third-order valence-corrected chi connectivity index (χ3v) is 18.0. The summed E-state index contributed by atoms with van der Waals surface area (Å²) in [6, 6.07) is -0.900. The Labute approximate surface area is 365 Å². The van der Waals surface area contributed by atoms with Crippen LogP contribution in [-0.4, -0.2) is 66.5 Å². The molecule has 0 aromatic carbocycles. The molecular weight excluding hydrogens is 775 g/mol. The number of rotatable bonds is 18. The zero-order chi connectivity index (χ0) is 45.3. The van der Waals surface area contributed by atoms with E-state index < -0.39 is 40.7 Å². The van der Waals surface area contributed by atoms with Gasteiger partial charge in [-0.3, -0.25) is 24.0 Å². The average Bonchev–Trinajstić information content (AvgIpc) is 3.58. The number of carboxylic acid groups (broad SMARTS) is 1. The maximum atomic E-state index is 14.6. The second kappa shape index (κ2) is 18.3. The molecule has 0 aliphatic heterocycles. The zero-order valence-corrected chi connectivity index (χ0v) is 39.0. The monoisotopic (exact) mass is 854 g/mol. The number of nitrogens with one attached hydrogen (secondary N) is 2. The molecule has 0 spiro atoms. The highest BCUT2D eigenvalue weighted by molar-refractivity contribution is 5.85. The molecule has 0 aromatic heterocycles. The summed E-state index contributed by atoms with van der Waals surface area (Å²) in [6.07, 6.45) is 13.1. The molecule has 5 fully saturated rings. The number of hydrogen-bond donors (Lipinski definition) is 4. The van der Waals surface area contributed by atoms with Gasteiger partial charge in [0.05, 0.1) is 24.4 Å². The lowest BCUT2D eigenvalue weighted by Gasteiger charge is -2.72. The fraction of sp³-hybridized carbons (Fsp3) is 0.837. The van der Waals surface area contributed by atoms with Gasteiger partial charge in [-0.1, -0.05) is 59.6 Å². The fourth-order valence-corrected chi connectivity index (χ4v) is 14.4. The maximum Gasteiger partial charge on any atom is 0.328 e. The topological polar surface area (TPSA) is 191 Å². The van der Waals surface area contributed by atoms with Crippen molar-refractivity contribution in [1.29, 1.82) is 0 Å². The second-order valence-corrected chi connectivity index (χ2v) is 22.1. The van der Waals surface area contributed by atoms with E-state index in [4.69, 9.17) is 15.2 Å². The first kappa shape index (κ1) is 48.6. The molecule has 0 unspecified atom stereocenters. The number of esters is 2. The van der Waals surface area contributed by atoms with Crippen molar-refractivity contribution in [2.45, 2.75) is 183 Å². The van der Waals surface area contributed by atoms with Crippen molar-refractivity contribution < 1.29 is 43.3 Å². The highest BCUT2D eigenvalue weighted by Crippen LogP contribution is 2.77. The lowest BCUT2D eigenvalue weighted by atomic mass is 9.32. The Hall–Kier alpha value is -3.44. The number of nitrogens with two attached hydrogens (primary N) is 1. The third kappa shape index (κ3) is 9.16. The Morgan fingerprint density at radius 1 is 0.836 bits per heavy atom. The van der Waals surface area contributed by atoms with E-state index in [1.54, 1.807) is 13.8 Å². The van der Waals surface area contributed by atoms with Crippen LogP contribution in [0.5, 0.6) is 0 Å². The molecule has 344 valence electrons. The maximum absolute atomic E-state index is 14.6. The first-order valence-electron chi connectivity index (χ1n) is 23.4. The van der Waals surface area contributed by atoms with Crippen LogP contribution >= 0.6 is 0 Å². The van der Waals surface area contributed by atoms with Crippen molar-refractivity contribution in [2.24, 2.45) is 67.8 Å². The standard InChI is InChI=1S/C49H79N3O9/c1-30(2)31-20-25-49(42(57)51-28-14-12-11-13-15-38(54)52-33(41(56)60-10)17-19-37(50)53)27-26-47(8)32(40(31)49)16-18-35-46(7)23-22-36(61-39(55)29-44(3,4)43(58)59)45(5,6)34(46)21-24-48(35,47)9/h31-36,40H,1,11-29H2,2-10H3,(H2,50,53)(H,51,57)(H,52,54)(H,58,59)/t31-,32+,33-,34-,35+,36-,40+,46-,47+,48+,49-/m0/s1. The van der Waals surface area contributed by atoms with E-state index in [0.717, 1.165) is 83.5 Å². The van der Waals surface area contributed by atoms with Gasteiger partial charge >= 0.3 is 17.9 Å². The number of allylic oxidation sites excluding steroid dienone is 1. The first-order valence-corrected chi connectivity index (χ1v) is 23.4. The first-order chi connectivity index (χ1) is 28.4. The molecule has 5 rings (SSSR count). The van der Waals surface area contributed by atoms with Crippen molar-refractivity contribution in [3.63, 3.8) is 0 Å². The number of carboxylic acids is 1. The van der Waals surface area contributed by atoms with Gasteiger partial charge in [0.2, 0.25) is 17.7 Å². The van der Waals surface area contributed by atoms with E-state index in [-0.39, 0.29) is 71.2 Å². The van der Waals surface area contributed by atoms with Crippen LogP contribution in [0.3, 0.4) is 0 Å². The van der Waals surface area contributed by atoms with Gasteiger partial charge in [-0.2, -0.15) is 0 Å². The summed E-state index contributed by atoms with van der Waals surface area (Å²) in [4.78, 5) is 75.3. The SMILES string of the molecule is C=C(C)[C@@H]1CC[C@]2(C(=O)NCCCCCCC(=O)N[C@@H](CCC(N)=O)C(=O)OC)CC[C@]3(C)[C@H](CC[C@@H]4[C@@]5(C)CC[C@H](OC(=O)CC(C)(C)C(=O)O)C(C)(C)[C@@H]5CC[C@]43C)[C@@H]12. The number of primary amides is 1. The van der Waals surface area contributed by atoms with Crippen LogP contribution in [-0.2, 0) is 38.2 Å². The predicted molar refractivity (Wildman–Crippen MR) is 233 cm³/mol. The van der Waals surface area contributed by atoms with Crippen molar-refractivity contribution in [3.05, 3.63) is 12.2 Å². The van der Waals surface area contributed by atoms with E-state index in [2.05, 4.69) is 58.8 Å². The number of unbranched alkanes of at least 4 members (excludes halogenated alkanes) is 3. The van der Waals surface area contributed by atoms with Crippen LogP contribution in [0.4, 0.5) is 0 Å². The van der Waals surface area contributed by atoms with Crippen molar-refractivity contribution in [3.8, 4) is 0 Å². The normalized spacial score (nSPS) is 35.5. The highest BCUT2D eigenvalue weighted by Gasteiger charge is 2.72. The Morgan fingerprint density at radius 2 is 1.52 bits per heavy atom. The van der Waals surface area contributed by atoms with E-state index >= 15 is 0 Å². The van der Waals surface area contributed by atoms with Gasteiger partial charge in [0.15, 0.2) is 0 Å². The van der Waals surface area contributed by atoms with E-state index in [0.29, 0.717) is 36.6 Å². The summed E-state index contributed by atoms with van der Waals surface area (Å²) in [5.74, 6) is -0.760. The zero-order valence-electron chi connectivity index (χ0n) is 39.0. The van der Waals surface area contributed by atoms with E-state index in [9.17, 15) is 33.9 Å². The van der Waals surface area contributed by atoms with Gasteiger partial charge in [-0.15, -0.1) is 0 Å². The molecule has 5 saturated carbocycles. The molecule has 0 radical (unpaired) electrons. The molecule has 61 heavy (non-hydrogen) atoms. The Morgan fingerprint density at radius 3 is 2.16 bits per heavy atom. The Balaban J connectivity index is 1.21. The molecule has 0 saturated heterocycles. The van der Waals surface area contributed by atoms with Gasteiger partial charge in [0.25, 0.3) is 0 Å². The summed E-state index contributed by atoms with van der Waals surface area (Å²) in [6.45, 7) is 22.6. The van der Waals surface area contributed by atoms with Crippen LogP contribution in [0.15, 0.2) is 12.2 Å². The number of carbonyl (C=O) groups excluding carboxylic acids is 5. The lowest BCUT2D eigenvalue weighted by molar-refractivity contribution is -0.249. The van der Waals surface area contributed by atoms with Crippen LogP contribution in [0.1, 0.15) is 171 Å². The largest absolute Gasteiger partial charge is 0.481 e. The minimum Gasteiger partial charge on any atom is -0.481 e. The van der Waals surface area contributed by atoms with Crippen LogP contribution in [0, 0.1) is 62.1 Å². The second-order valence-electron chi connectivity index (χ2n) is 22.1. The van der Waals surface area contributed by atoms with Gasteiger partial charge in [0, 0.05) is 24.8 Å². The lowest BCUT2D eigenvalue weighted by Crippen LogP contribution is -2.67. The van der Waals surface area contributed by atoms with Gasteiger partial charge < -0.3 is 30.9 Å². The Bertz CT molecular complexity index is 1710. The van der Waals surface area contributed by atoms with E-state index in [1.807, 2.05) is 0 Å². The molecule has 0 heterocycles. The molecule has 12 heteroatoms. The molecule has 5 aliphatic carbocycles. The van der Waals surface area contributed by atoms with Gasteiger partial charge in [0.1, 0.15) is 12.1 Å². The molecule has 5 aliphatic rings. The van der Waals surface area contributed by atoms with Crippen molar-refractivity contribution in [2.75, 3.05) is 13.7 Å². The Kier molecular flexibility index (Phi) is 14.6. The minimum atomic E-state index is -1.17. The van der Waals surface area contributed by atoms with Crippen molar-refractivity contribution >= 4 is 35.6 Å². The number of methoxy groups -OCH3 is 1. The number of ether oxygens (including phenoxy) is 2. The van der Waals surface area contributed by atoms with Crippen molar-refractivity contribution in [1.82, 2.24) is 10.6 Å². The highest BCUT2D eigenvalue weighted by atomic mass is 16.5. The summed E-state index contributed by atoms with van der Waals surface area (Å²) in [7, 11) is 1.24. The van der Waals surface area contributed by atoms with Crippen LogP contribution < -0.4 is 16.4 Å². The smallest absolute Gasteiger partial charge is 0.328 e. The summed E-state index contributed by atoms with van der Waals surface area (Å²) in [5, 5.41) is 15.7. The molecule has 11 atom stereocenters. The van der Waals surface area contributed by atoms with Gasteiger partial charge in [-0.05, 0) is 150 Å². The van der Waals surface area contributed by atoms with Gasteiger partial charge in [-0.25, -0.2) is 4.79 Å². The average molecular weight is 854 g/mol. The molecule has 0 aromatic rings. The third-order valence-electron chi connectivity index (χ3n) is 18.0. The molecule has 12 nitrogen and oxygen atoms in total.